The molecule has 4 aromatic rings. The second-order valence-corrected chi connectivity index (χ2v) is 10.4. The van der Waals surface area contributed by atoms with Crippen LogP contribution in [0.15, 0.2) is 59.7 Å². The molecule has 2 aromatic carbocycles. The van der Waals surface area contributed by atoms with Crippen molar-refractivity contribution in [3.05, 3.63) is 88.2 Å². The first-order valence-electron chi connectivity index (χ1n) is 13.8. The summed E-state index contributed by atoms with van der Waals surface area (Å²) in [4.78, 5) is 32.6. The van der Waals surface area contributed by atoms with E-state index in [1.165, 1.54) is 12.1 Å². The minimum absolute atomic E-state index is 0.0152. The molecule has 1 unspecified atom stereocenters. The monoisotopic (exact) mass is 548 g/mol. The molecule has 40 heavy (non-hydrogen) atoms. The molecule has 1 fully saturated rings. The van der Waals surface area contributed by atoms with Gasteiger partial charge in [-0.05, 0) is 61.4 Å². The van der Waals surface area contributed by atoms with Crippen molar-refractivity contribution >= 4 is 16.8 Å². The van der Waals surface area contributed by atoms with Crippen LogP contribution in [0.4, 0.5) is 8.78 Å². The van der Waals surface area contributed by atoms with Gasteiger partial charge in [-0.2, -0.15) is 0 Å². The number of aryl methyl sites for hydroxylation is 2. The summed E-state index contributed by atoms with van der Waals surface area (Å²) < 4.78 is 36.5. The van der Waals surface area contributed by atoms with Crippen molar-refractivity contribution in [3.8, 4) is 11.1 Å². The zero-order valence-electron chi connectivity index (χ0n) is 22.7. The lowest BCUT2D eigenvalue weighted by Gasteiger charge is -2.33. The van der Waals surface area contributed by atoms with Gasteiger partial charge in [0, 0.05) is 74.7 Å². The summed E-state index contributed by atoms with van der Waals surface area (Å²) in [5.41, 5.74) is 3.72. The highest BCUT2D eigenvalue weighted by molar-refractivity contribution is 5.83. The van der Waals surface area contributed by atoms with E-state index in [-0.39, 0.29) is 23.0 Å². The third kappa shape index (κ3) is 6.14. The van der Waals surface area contributed by atoms with E-state index in [9.17, 15) is 18.4 Å². The molecule has 7 nitrogen and oxygen atoms in total. The number of carbonyl (C=O) groups excluding carboxylic acids is 1. The second kappa shape index (κ2) is 12.6. The predicted molar refractivity (Wildman–Crippen MR) is 150 cm³/mol. The third-order valence-corrected chi connectivity index (χ3v) is 7.73. The smallest absolute Gasteiger partial charge is 0.344 e. The number of amides is 1. The number of hydrogen-bond acceptors (Lipinski definition) is 4. The molecule has 3 heterocycles. The zero-order chi connectivity index (χ0) is 28.1. The Hall–Kier alpha value is -3.85. The molecule has 1 amide bonds. The van der Waals surface area contributed by atoms with E-state index in [2.05, 4.69) is 9.97 Å². The number of carbonyl (C=O) groups is 1. The molecule has 0 aliphatic carbocycles. The number of rotatable bonds is 10. The van der Waals surface area contributed by atoms with Crippen LogP contribution in [0.5, 0.6) is 0 Å². The molecule has 1 aliphatic rings. The molecule has 1 N–H and O–H groups in total. The molecule has 0 spiro atoms. The molecule has 2 aromatic heterocycles. The van der Waals surface area contributed by atoms with Crippen molar-refractivity contribution < 1.29 is 18.3 Å². The summed E-state index contributed by atoms with van der Waals surface area (Å²) in [5.74, 6) is -0.746. The maximum atomic E-state index is 14.8. The Balaban J connectivity index is 1.22. The van der Waals surface area contributed by atoms with Crippen LogP contribution in [-0.2, 0) is 22.5 Å². The number of aromatic nitrogens is 3. The molecule has 210 valence electrons. The highest BCUT2D eigenvalue weighted by Crippen LogP contribution is 2.34. The second-order valence-electron chi connectivity index (χ2n) is 10.4. The van der Waals surface area contributed by atoms with Gasteiger partial charge in [-0.15, -0.1) is 0 Å². The fourth-order valence-electron chi connectivity index (χ4n) is 5.68. The number of H-pyrrole nitrogens is 1. The first kappa shape index (κ1) is 27.7. The van der Waals surface area contributed by atoms with Crippen LogP contribution in [0.25, 0.3) is 22.0 Å². The lowest BCUT2D eigenvalue weighted by molar-refractivity contribution is -0.132. The SMILES string of the molecule is COCCCn1c(C2CCCN(C(=O)CCCc3ccc(-c4cnc(=O)[nH]c4)cc3)C2)cc2c(F)ccc(F)c21. The fourth-order valence-corrected chi connectivity index (χ4v) is 5.68. The van der Waals surface area contributed by atoms with Gasteiger partial charge < -0.3 is 19.2 Å². The van der Waals surface area contributed by atoms with Crippen LogP contribution in [0.3, 0.4) is 0 Å². The predicted octanol–water partition coefficient (Wildman–Crippen LogP) is 5.44. The molecule has 9 heteroatoms. The quantitative estimate of drug-likeness (QED) is 0.268. The molecule has 1 saturated heterocycles. The van der Waals surface area contributed by atoms with E-state index >= 15 is 0 Å². The number of piperidine rings is 1. The number of nitrogens with one attached hydrogen (secondary N) is 1. The molecule has 0 bridgehead atoms. The summed E-state index contributed by atoms with van der Waals surface area (Å²) in [7, 11) is 1.63. The van der Waals surface area contributed by atoms with Gasteiger partial charge in [0.15, 0.2) is 0 Å². The Morgan fingerprint density at radius 1 is 1.10 bits per heavy atom. The number of methoxy groups -OCH3 is 1. The first-order valence-corrected chi connectivity index (χ1v) is 13.8. The molecule has 1 atom stereocenters. The summed E-state index contributed by atoms with van der Waals surface area (Å²) in [5, 5.41) is 0.290. The van der Waals surface area contributed by atoms with E-state index < -0.39 is 11.6 Å². The van der Waals surface area contributed by atoms with Crippen molar-refractivity contribution in [2.45, 2.75) is 51.0 Å². The highest BCUT2D eigenvalue weighted by Gasteiger charge is 2.28. The van der Waals surface area contributed by atoms with Crippen LogP contribution in [0.1, 0.15) is 49.3 Å². The Morgan fingerprint density at radius 2 is 1.90 bits per heavy atom. The number of nitrogens with zero attached hydrogens (tertiary/aromatic N) is 3. The van der Waals surface area contributed by atoms with Crippen LogP contribution in [0.2, 0.25) is 0 Å². The number of aromatic amines is 1. The Morgan fingerprint density at radius 3 is 2.65 bits per heavy atom. The first-order chi connectivity index (χ1) is 19.4. The summed E-state index contributed by atoms with van der Waals surface area (Å²) in [6.45, 7) is 2.29. The maximum absolute atomic E-state index is 14.8. The molecular weight excluding hydrogens is 514 g/mol. The van der Waals surface area contributed by atoms with Gasteiger partial charge >= 0.3 is 5.69 Å². The number of fused-ring (bicyclic) bond motifs is 1. The van der Waals surface area contributed by atoms with Gasteiger partial charge in [0.25, 0.3) is 0 Å². The average Bonchev–Trinajstić information content (AvgIpc) is 3.37. The number of benzene rings is 2. The van der Waals surface area contributed by atoms with Crippen molar-refractivity contribution in [2.75, 3.05) is 26.8 Å². The lowest BCUT2D eigenvalue weighted by Crippen LogP contribution is -2.39. The standard InChI is InChI=1S/C31H34F2N4O3/c1-40-16-4-15-37-28(17-25-26(32)12-13-27(33)30(25)37)23-6-3-14-36(20-23)29(38)7-2-5-21-8-10-22(11-9-21)24-18-34-31(39)35-19-24/h8-13,17-19,23H,2-7,14-16,20H2,1H3,(H,34,35,39). The van der Waals surface area contributed by atoms with E-state index in [1.54, 1.807) is 25.6 Å². The Bertz CT molecular complexity index is 1510. The summed E-state index contributed by atoms with van der Waals surface area (Å²) in [6.07, 6.45) is 7.53. The Kier molecular flexibility index (Phi) is 8.69. The van der Waals surface area contributed by atoms with Gasteiger partial charge in [0.05, 0.1) is 5.52 Å². The summed E-state index contributed by atoms with van der Waals surface area (Å²) in [6, 6.07) is 12.2. The van der Waals surface area contributed by atoms with Crippen molar-refractivity contribution in [2.24, 2.45) is 0 Å². The number of likely N-dealkylation sites (tertiary alicyclic amines) is 1. The van der Waals surface area contributed by atoms with Crippen molar-refractivity contribution in [3.63, 3.8) is 0 Å². The molecule has 0 radical (unpaired) electrons. The van der Waals surface area contributed by atoms with E-state index in [4.69, 9.17) is 4.74 Å². The molecule has 5 rings (SSSR count). The van der Waals surface area contributed by atoms with Gasteiger partial charge in [-0.25, -0.2) is 18.6 Å². The van der Waals surface area contributed by atoms with Crippen molar-refractivity contribution in [1.82, 2.24) is 19.4 Å². The van der Waals surface area contributed by atoms with Crippen LogP contribution in [0, 0.1) is 11.6 Å². The minimum Gasteiger partial charge on any atom is -0.385 e. The lowest BCUT2D eigenvalue weighted by atomic mass is 9.94. The summed E-state index contributed by atoms with van der Waals surface area (Å²) >= 11 is 0. The van der Waals surface area contributed by atoms with Crippen molar-refractivity contribution in [1.29, 1.82) is 0 Å². The molecule has 1 aliphatic heterocycles. The Labute approximate surface area is 231 Å². The maximum Gasteiger partial charge on any atom is 0.344 e. The van der Waals surface area contributed by atoms with Crippen LogP contribution < -0.4 is 5.69 Å². The normalized spacial score (nSPS) is 15.6. The van der Waals surface area contributed by atoms with E-state index in [0.29, 0.717) is 44.5 Å². The van der Waals surface area contributed by atoms with Crippen LogP contribution >= 0.6 is 0 Å². The number of hydrogen-bond donors (Lipinski definition) is 1. The largest absolute Gasteiger partial charge is 0.385 e. The zero-order valence-corrected chi connectivity index (χ0v) is 22.7. The van der Waals surface area contributed by atoms with E-state index in [1.807, 2.05) is 33.7 Å². The molecule has 0 saturated carbocycles. The fraction of sp³-hybridized carbons (Fsp3) is 0.387. The topological polar surface area (TPSA) is 80.2 Å². The highest BCUT2D eigenvalue weighted by atomic mass is 19.1. The van der Waals surface area contributed by atoms with Gasteiger partial charge in [-0.1, -0.05) is 24.3 Å². The van der Waals surface area contributed by atoms with Gasteiger partial charge in [0.2, 0.25) is 5.91 Å². The van der Waals surface area contributed by atoms with Gasteiger partial charge in [-0.3, -0.25) is 4.79 Å². The number of ether oxygens (including phenoxy) is 1. The minimum atomic E-state index is -0.438. The molecular formula is C31H34F2N4O3. The number of halogens is 2. The van der Waals surface area contributed by atoms with Crippen LogP contribution in [-0.4, -0.2) is 52.1 Å². The average molecular weight is 549 g/mol. The van der Waals surface area contributed by atoms with Gasteiger partial charge in [0.1, 0.15) is 11.6 Å². The van der Waals surface area contributed by atoms with E-state index in [0.717, 1.165) is 48.1 Å². The third-order valence-electron chi connectivity index (χ3n) is 7.73.